The van der Waals surface area contributed by atoms with Crippen LogP contribution < -0.4 is 4.74 Å². The molecule has 0 spiro atoms. The Morgan fingerprint density at radius 1 is 1.35 bits per heavy atom. The van der Waals surface area contributed by atoms with E-state index in [1.807, 2.05) is 5.38 Å². The van der Waals surface area contributed by atoms with Gasteiger partial charge in [-0.3, -0.25) is 0 Å². The Morgan fingerprint density at radius 3 is 2.85 bits per heavy atom. The Kier molecular flexibility index (Phi) is 3.62. The zero-order chi connectivity index (χ0) is 14.3. The Labute approximate surface area is 131 Å². The zero-order valence-electron chi connectivity index (χ0n) is 10.2. The summed E-state index contributed by atoms with van der Waals surface area (Å²) in [4.78, 5) is 9.27. The van der Waals surface area contributed by atoms with Crippen molar-refractivity contribution < 1.29 is 9.13 Å². The summed E-state index contributed by atoms with van der Waals surface area (Å²) < 4.78 is 19.7. The fourth-order valence-electron chi connectivity index (χ4n) is 1.78. The summed E-state index contributed by atoms with van der Waals surface area (Å²) in [6, 6.07) is 4.72. The van der Waals surface area contributed by atoms with Gasteiger partial charge in [-0.15, -0.1) is 11.3 Å². The normalized spacial score (nSPS) is 11.0. The number of hydrogen-bond acceptors (Lipinski definition) is 4. The summed E-state index contributed by atoms with van der Waals surface area (Å²) in [6.07, 6.45) is 0. The highest BCUT2D eigenvalue weighted by Crippen LogP contribution is 2.34. The summed E-state index contributed by atoms with van der Waals surface area (Å²) in [5, 5.41) is 2.51. The van der Waals surface area contributed by atoms with Gasteiger partial charge in [0.15, 0.2) is 5.82 Å². The number of aromatic nitrogens is 2. The highest BCUT2D eigenvalue weighted by molar-refractivity contribution is 9.10. The molecule has 3 nitrogen and oxygen atoms in total. The first-order chi connectivity index (χ1) is 9.60. The highest BCUT2D eigenvalue weighted by Gasteiger charge is 2.15. The van der Waals surface area contributed by atoms with Crippen LogP contribution in [-0.2, 0) is 0 Å². The van der Waals surface area contributed by atoms with E-state index in [1.165, 1.54) is 17.4 Å². The molecule has 0 unspecified atom stereocenters. The molecule has 3 rings (SSSR count). The van der Waals surface area contributed by atoms with Gasteiger partial charge in [-0.05, 0) is 28.1 Å². The van der Waals surface area contributed by atoms with E-state index in [-0.39, 0.29) is 10.7 Å². The number of hydrogen-bond donors (Lipinski definition) is 0. The van der Waals surface area contributed by atoms with Crippen LogP contribution in [0.1, 0.15) is 0 Å². The lowest BCUT2D eigenvalue weighted by molar-refractivity contribution is 0.417. The lowest BCUT2D eigenvalue weighted by Crippen LogP contribution is -1.93. The maximum absolute atomic E-state index is 13.9. The SMILES string of the molecule is COc1csc(-c2nc(Cl)c3c(Br)ccc(F)c3n2)c1. The summed E-state index contributed by atoms with van der Waals surface area (Å²) in [5.74, 6) is 0.657. The Balaban J connectivity index is 2.26. The summed E-state index contributed by atoms with van der Waals surface area (Å²) in [7, 11) is 1.58. The van der Waals surface area contributed by atoms with Gasteiger partial charge in [0.25, 0.3) is 0 Å². The number of fused-ring (bicyclic) bond motifs is 1. The van der Waals surface area contributed by atoms with Crippen LogP contribution in [0.4, 0.5) is 4.39 Å². The lowest BCUT2D eigenvalue weighted by Gasteiger charge is -2.05. The van der Waals surface area contributed by atoms with Crippen molar-refractivity contribution in [3.63, 3.8) is 0 Å². The number of thiophene rings is 1. The van der Waals surface area contributed by atoms with Crippen LogP contribution in [0.5, 0.6) is 5.75 Å². The average molecular weight is 374 g/mol. The van der Waals surface area contributed by atoms with E-state index in [1.54, 1.807) is 19.2 Å². The van der Waals surface area contributed by atoms with Gasteiger partial charge in [0.1, 0.15) is 22.2 Å². The molecule has 0 saturated carbocycles. The van der Waals surface area contributed by atoms with Gasteiger partial charge in [-0.2, -0.15) is 0 Å². The van der Waals surface area contributed by atoms with Crippen LogP contribution in [0.25, 0.3) is 21.6 Å². The monoisotopic (exact) mass is 372 g/mol. The van der Waals surface area contributed by atoms with Crippen molar-refractivity contribution in [1.29, 1.82) is 0 Å². The molecule has 0 saturated heterocycles. The molecular formula is C13H7BrClFN2OS. The maximum Gasteiger partial charge on any atom is 0.171 e. The third kappa shape index (κ3) is 2.28. The zero-order valence-corrected chi connectivity index (χ0v) is 13.3. The van der Waals surface area contributed by atoms with Crippen LogP contribution in [0, 0.1) is 5.82 Å². The summed E-state index contributed by atoms with van der Waals surface area (Å²) >= 11 is 10.9. The molecule has 0 radical (unpaired) electrons. The molecule has 0 bridgehead atoms. The first kappa shape index (κ1) is 13.7. The first-order valence-corrected chi connectivity index (χ1v) is 7.59. The van der Waals surface area contributed by atoms with Crippen LogP contribution in [0.3, 0.4) is 0 Å². The number of nitrogens with zero attached hydrogens (tertiary/aromatic N) is 2. The van der Waals surface area contributed by atoms with Gasteiger partial charge in [0, 0.05) is 15.9 Å². The summed E-state index contributed by atoms with van der Waals surface area (Å²) in [6.45, 7) is 0. The minimum atomic E-state index is -0.433. The van der Waals surface area contributed by atoms with Crippen LogP contribution in [-0.4, -0.2) is 17.1 Å². The van der Waals surface area contributed by atoms with E-state index in [2.05, 4.69) is 25.9 Å². The fraction of sp³-hybridized carbons (Fsp3) is 0.0769. The molecule has 0 N–H and O–H groups in total. The molecule has 2 aromatic heterocycles. The van der Waals surface area contributed by atoms with Crippen molar-refractivity contribution in [2.75, 3.05) is 7.11 Å². The standard InChI is InChI=1S/C13H7BrClFN2OS/c1-19-6-4-9(20-5-6)13-17-11-8(16)3-2-7(14)10(11)12(15)18-13/h2-5H,1H3. The molecule has 2 heterocycles. The van der Waals surface area contributed by atoms with Crippen molar-refractivity contribution in [2.45, 2.75) is 0 Å². The molecule has 0 fully saturated rings. The van der Waals surface area contributed by atoms with Crippen LogP contribution in [0.2, 0.25) is 5.15 Å². The second-order valence-electron chi connectivity index (χ2n) is 3.94. The molecule has 3 aromatic rings. The molecule has 0 aliphatic heterocycles. The van der Waals surface area contributed by atoms with E-state index in [0.29, 0.717) is 21.4 Å². The van der Waals surface area contributed by atoms with Crippen molar-refractivity contribution in [1.82, 2.24) is 9.97 Å². The molecule has 0 atom stereocenters. The predicted octanol–water partition coefficient (Wildman–Crippen LogP) is 4.92. The minimum absolute atomic E-state index is 0.196. The molecule has 102 valence electrons. The van der Waals surface area contributed by atoms with E-state index in [9.17, 15) is 4.39 Å². The second kappa shape index (κ2) is 5.27. The number of halogens is 3. The maximum atomic E-state index is 13.9. The largest absolute Gasteiger partial charge is 0.496 e. The minimum Gasteiger partial charge on any atom is -0.496 e. The van der Waals surface area contributed by atoms with Gasteiger partial charge < -0.3 is 4.74 Å². The average Bonchev–Trinajstić information content (AvgIpc) is 2.91. The van der Waals surface area contributed by atoms with Crippen molar-refractivity contribution in [3.8, 4) is 16.5 Å². The van der Waals surface area contributed by atoms with Gasteiger partial charge >= 0.3 is 0 Å². The molecule has 7 heteroatoms. The first-order valence-electron chi connectivity index (χ1n) is 5.54. The van der Waals surface area contributed by atoms with E-state index in [0.717, 1.165) is 4.88 Å². The lowest BCUT2D eigenvalue weighted by atomic mass is 10.2. The van der Waals surface area contributed by atoms with E-state index < -0.39 is 5.82 Å². The third-order valence-electron chi connectivity index (χ3n) is 2.74. The van der Waals surface area contributed by atoms with Gasteiger partial charge in [-0.1, -0.05) is 11.6 Å². The number of ether oxygens (including phenoxy) is 1. The molecule has 0 amide bonds. The van der Waals surface area contributed by atoms with Gasteiger partial charge in [0.05, 0.1) is 17.4 Å². The smallest absolute Gasteiger partial charge is 0.171 e. The molecule has 20 heavy (non-hydrogen) atoms. The van der Waals surface area contributed by atoms with E-state index >= 15 is 0 Å². The summed E-state index contributed by atoms with van der Waals surface area (Å²) in [5.41, 5.74) is 0.196. The Hall–Kier alpha value is -1.24. The number of rotatable bonds is 2. The van der Waals surface area contributed by atoms with Gasteiger partial charge in [0.2, 0.25) is 0 Å². The van der Waals surface area contributed by atoms with E-state index in [4.69, 9.17) is 16.3 Å². The quantitative estimate of drug-likeness (QED) is 0.598. The fourth-order valence-corrected chi connectivity index (χ4v) is 3.46. The Morgan fingerprint density at radius 2 is 2.15 bits per heavy atom. The van der Waals surface area contributed by atoms with Crippen molar-refractivity contribution in [2.24, 2.45) is 0 Å². The molecular weight excluding hydrogens is 367 g/mol. The highest BCUT2D eigenvalue weighted by atomic mass is 79.9. The van der Waals surface area contributed by atoms with Crippen LogP contribution >= 0.6 is 38.9 Å². The van der Waals surface area contributed by atoms with Crippen molar-refractivity contribution in [3.05, 3.63) is 39.0 Å². The topological polar surface area (TPSA) is 35.0 Å². The van der Waals surface area contributed by atoms with Crippen molar-refractivity contribution >= 4 is 49.8 Å². The molecule has 0 aliphatic rings. The molecule has 0 aliphatic carbocycles. The number of benzene rings is 1. The predicted molar refractivity (Wildman–Crippen MR) is 82.1 cm³/mol. The van der Waals surface area contributed by atoms with Crippen LogP contribution in [0.15, 0.2) is 28.1 Å². The third-order valence-corrected chi connectivity index (χ3v) is 4.58. The molecule has 1 aromatic carbocycles. The number of methoxy groups -OCH3 is 1. The van der Waals surface area contributed by atoms with Gasteiger partial charge in [-0.25, -0.2) is 14.4 Å². The second-order valence-corrected chi connectivity index (χ2v) is 6.07. The Bertz CT molecular complexity index is 808.